The maximum atomic E-state index is 14.0. The highest BCUT2D eigenvalue weighted by atomic mass is 35.5. The molecule has 1 saturated heterocycles. The number of aromatic nitrogens is 2. The molecule has 2 aromatic rings. The van der Waals surface area contributed by atoms with Crippen LogP contribution >= 0.6 is 11.6 Å². The quantitative estimate of drug-likeness (QED) is 0.859. The summed E-state index contributed by atoms with van der Waals surface area (Å²) in [4.78, 5) is 15.5. The van der Waals surface area contributed by atoms with Gasteiger partial charge in [0.1, 0.15) is 11.3 Å². The standard InChI is InChI=1S/C12H10ClF2N3O/c13-4-9-17-8-2-1-7(14)11(15)12(8)18(9)6-3-10(19)16-5-6/h1-2,6H,3-5H2,(H,16,19). The molecule has 0 saturated carbocycles. The Bertz CT molecular complexity index is 671. The molecule has 2 heterocycles. The normalized spacial score (nSPS) is 19.1. The van der Waals surface area contributed by atoms with E-state index in [9.17, 15) is 13.6 Å². The van der Waals surface area contributed by atoms with Crippen LogP contribution in [-0.2, 0) is 10.7 Å². The number of amides is 1. The van der Waals surface area contributed by atoms with Gasteiger partial charge in [-0.1, -0.05) is 0 Å². The van der Waals surface area contributed by atoms with Crippen LogP contribution in [0.1, 0.15) is 18.3 Å². The number of rotatable bonds is 2. The number of nitrogens with one attached hydrogen (secondary N) is 1. The number of hydrogen-bond donors (Lipinski definition) is 1. The lowest BCUT2D eigenvalue weighted by Crippen LogP contribution is -2.17. The zero-order valence-electron chi connectivity index (χ0n) is 9.79. The highest BCUT2D eigenvalue weighted by molar-refractivity contribution is 6.16. The smallest absolute Gasteiger partial charge is 0.222 e. The fraction of sp³-hybridized carbons (Fsp3) is 0.333. The molecule has 0 aliphatic carbocycles. The first-order valence-corrected chi connectivity index (χ1v) is 6.32. The average Bonchev–Trinajstić information content (AvgIpc) is 2.97. The molecule has 4 nitrogen and oxygen atoms in total. The third kappa shape index (κ3) is 1.87. The zero-order valence-corrected chi connectivity index (χ0v) is 10.5. The molecule has 1 aromatic carbocycles. The summed E-state index contributed by atoms with van der Waals surface area (Å²) in [5, 5.41) is 2.66. The maximum Gasteiger partial charge on any atom is 0.222 e. The molecule has 0 spiro atoms. The van der Waals surface area contributed by atoms with Gasteiger partial charge >= 0.3 is 0 Å². The molecule has 7 heteroatoms. The van der Waals surface area contributed by atoms with Crippen molar-refractivity contribution in [1.82, 2.24) is 14.9 Å². The van der Waals surface area contributed by atoms with E-state index >= 15 is 0 Å². The largest absolute Gasteiger partial charge is 0.354 e. The van der Waals surface area contributed by atoms with E-state index in [-0.39, 0.29) is 29.8 Å². The summed E-state index contributed by atoms with van der Waals surface area (Å²) >= 11 is 5.81. The summed E-state index contributed by atoms with van der Waals surface area (Å²) in [5.74, 6) is -1.51. The third-order valence-corrected chi connectivity index (χ3v) is 3.50. The lowest BCUT2D eigenvalue weighted by atomic mass is 10.2. The van der Waals surface area contributed by atoms with Crippen LogP contribution in [-0.4, -0.2) is 22.0 Å². The topological polar surface area (TPSA) is 46.9 Å². The predicted octanol–water partition coefficient (Wildman–Crippen LogP) is 2.11. The lowest BCUT2D eigenvalue weighted by Gasteiger charge is -2.14. The molecular weight excluding hydrogens is 276 g/mol. The van der Waals surface area contributed by atoms with Crippen molar-refractivity contribution in [3.05, 3.63) is 29.6 Å². The van der Waals surface area contributed by atoms with Crippen molar-refractivity contribution in [3.8, 4) is 0 Å². The van der Waals surface area contributed by atoms with Crippen molar-refractivity contribution in [1.29, 1.82) is 0 Å². The van der Waals surface area contributed by atoms with Crippen molar-refractivity contribution in [3.63, 3.8) is 0 Å². The summed E-state index contributed by atoms with van der Waals surface area (Å²) in [6.45, 7) is 0.365. The molecule has 3 rings (SSSR count). The lowest BCUT2D eigenvalue weighted by molar-refractivity contribution is -0.119. The van der Waals surface area contributed by atoms with Gasteiger partial charge in [0.05, 0.1) is 17.4 Å². The minimum atomic E-state index is -0.958. The number of halogens is 3. The fourth-order valence-corrected chi connectivity index (χ4v) is 2.62. The molecule has 19 heavy (non-hydrogen) atoms. The van der Waals surface area contributed by atoms with Crippen molar-refractivity contribution in [2.24, 2.45) is 0 Å². The van der Waals surface area contributed by atoms with Gasteiger partial charge in [-0.3, -0.25) is 4.79 Å². The van der Waals surface area contributed by atoms with Gasteiger partial charge in [0.25, 0.3) is 0 Å². The van der Waals surface area contributed by atoms with E-state index in [1.54, 1.807) is 0 Å². The van der Waals surface area contributed by atoms with Crippen molar-refractivity contribution < 1.29 is 13.6 Å². The first-order valence-electron chi connectivity index (χ1n) is 5.79. The Kier molecular flexibility index (Phi) is 2.89. The van der Waals surface area contributed by atoms with E-state index in [0.717, 1.165) is 6.07 Å². The van der Waals surface area contributed by atoms with E-state index in [0.29, 0.717) is 17.9 Å². The van der Waals surface area contributed by atoms with Crippen LogP contribution < -0.4 is 5.32 Å². The summed E-state index contributed by atoms with van der Waals surface area (Å²) in [5.41, 5.74) is 0.408. The van der Waals surface area contributed by atoms with Crippen molar-refractivity contribution >= 4 is 28.5 Å². The number of carbonyl (C=O) groups is 1. The molecule has 0 radical (unpaired) electrons. The molecule has 1 aromatic heterocycles. The van der Waals surface area contributed by atoms with E-state index in [4.69, 9.17) is 11.6 Å². The average molecular weight is 286 g/mol. The van der Waals surface area contributed by atoms with Gasteiger partial charge in [0.2, 0.25) is 5.91 Å². The monoisotopic (exact) mass is 285 g/mol. The van der Waals surface area contributed by atoms with E-state index in [2.05, 4.69) is 10.3 Å². The molecular formula is C12H10ClF2N3O. The third-order valence-electron chi connectivity index (χ3n) is 3.26. The van der Waals surface area contributed by atoms with Gasteiger partial charge in [-0.25, -0.2) is 13.8 Å². The Morgan fingerprint density at radius 2 is 2.26 bits per heavy atom. The molecule has 0 bridgehead atoms. The van der Waals surface area contributed by atoms with Gasteiger partial charge in [0, 0.05) is 13.0 Å². The second-order valence-corrected chi connectivity index (χ2v) is 4.69. The van der Waals surface area contributed by atoms with Crippen LogP contribution in [0.3, 0.4) is 0 Å². The maximum absolute atomic E-state index is 14.0. The Morgan fingerprint density at radius 3 is 2.89 bits per heavy atom. The van der Waals surface area contributed by atoms with E-state index in [1.807, 2.05) is 0 Å². The number of alkyl halides is 1. The molecule has 1 unspecified atom stereocenters. The summed E-state index contributed by atoms with van der Waals surface area (Å²) in [6, 6.07) is 2.15. The van der Waals surface area contributed by atoms with Gasteiger partial charge < -0.3 is 9.88 Å². The molecule has 1 aliphatic rings. The first-order chi connectivity index (χ1) is 9.11. The number of benzene rings is 1. The highest BCUT2D eigenvalue weighted by Crippen LogP contribution is 2.29. The Labute approximate surface area is 112 Å². The molecule has 1 aliphatic heterocycles. The minimum Gasteiger partial charge on any atom is -0.354 e. The SMILES string of the molecule is O=C1CC(n2c(CCl)nc3ccc(F)c(F)c32)CN1. The Balaban J connectivity index is 2.25. The molecule has 1 amide bonds. The molecule has 1 atom stereocenters. The minimum absolute atomic E-state index is 0.0668. The molecule has 1 N–H and O–H groups in total. The number of imidazole rings is 1. The van der Waals surface area contributed by atoms with Crippen LogP contribution in [0.25, 0.3) is 11.0 Å². The first kappa shape index (κ1) is 12.3. The Hall–Kier alpha value is -1.69. The molecule has 100 valence electrons. The van der Waals surface area contributed by atoms with E-state index < -0.39 is 11.6 Å². The van der Waals surface area contributed by atoms with Crippen LogP contribution in [0.15, 0.2) is 12.1 Å². The van der Waals surface area contributed by atoms with Crippen LogP contribution in [0.5, 0.6) is 0 Å². The summed E-state index contributed by atoms with van der Waals surface area (Å²) in [7, 11) is 0. The second-order valence-electron chi connectivity index (χ2n) is 4.42. The zero-order chi connectivity index (χ0) is 13.6. The number of fused-ring (bicyclic) bond motifs is 1. The van der Waals surface area contributed by atoms with Crippen LogP contribution in [0.2, 0.25) is 0 Å². The van der Waals surface area contributed by atoms with Crippen LogP contribution in [0.4, 0.5) is 8.78 Å². The van der Waals surface area contributed by atoms with Crippen molar-refractivity contribution in [2.75, 3.05) is 6.54 Å². The number of hydrogen-bond acceptors (Lipinski definition) is 2. The summed E-state index contributed by atoms with van der Waals surface area (Å²) in [6.07, 6.45) is 0.214. The Morgan fingerprint density at radius 1 is 1.47 bits per heavy atom. The summed E-state index contributed by atoms with van der Waals surface area (Å²) < 4.78 is 28.9. The van der Waals surface area contributed by atoms with Gasteiger partial charge in [0.15, 0.2) is 11.6 Å². The van der Waals surface area contributed by atoms with Gasteiger partial charge in [-0.15, -0.1) is 11.6 Å². The predicted molar refractivity (Wildman–Crippen MR) is 65.9 cm³/mol. The van der Waals surface area contributed by atoms with E-state index in [1.165, 1.54) is 10.6 Å². The number of nitrogens with zero attached hydrogens (tertiary/aromatic N) is 2. The van der Waals surface area contributed by atoms with Gasteiger partial charge in [-0.2, -0.15) is 0 Å². The fourth-order valence-electron chi connectivity index (χ4n) is 2.43. The highest BCUT2D eigenvalue weighted by Gasteiger charge is 2.28. The second kappa shape index (κ2) is 4.45. The van der Waals surface area contributed by atoms with Gasteiger partial charge in [-0.05, 0) is 12.1 Å². The van der Waals surface area contributed by atoms with Crippen molar-refractivity contribution in [2.45, 2.75) is 18.3 Å². The number of carbonyl (C=O) groups excluding carboxylic acids is 1. The molecule has 1 fully saturated rings. The van der Waals surface area contributed by atoms with Crippen LogP contribution in [0, 0.1) is 11.6 Å².